The monoisotopic (exact) mass is 290 g/mol. The van der Waals surface area contributed by atoms with E-state index in [1.54, 1.807) is 23.7 Å². The summed E-state index contributed by atoms with van der Waals surface area (Å²) in [5.74, 6) is 0. The molecule has 0 aliphatic heterocycles. The molecule has 0 aromatic carbocycles. The van der Waals surface area contributed by atoms with Crippen LogP contribution in [0.2, 0.25) is 0 Å². The van der Waals surface area contributed by atoms with Crippen LogP contribution in [0, 0.1) is 0 Å². The number of aromatic nitrogens is 3. The maximum Gasteiger partial charge on any atom is 0.0948 e. The van der Waals surface area contributed by atoms with E-state index in [0.717, 1.165) is 29.4 Å². The maximum absolute atomic E-state index is 4.76. The van der Waals surface area contributed by atoms with Gasteiger partial charge in [-0.2, -0.15) is 0 Å². The molecule has 1 N–H and O–H groups in total. The minimum atomic E-state index is 0.106. The van der Waals surface area contributed by atoms with Crippen LogP contribution in [0.1, 0.15) is 50.1 Å². The number of nitrogens with zero attached hydrogens (tertiary/aromatic N) is 3. The van der Waals surface area contributed by atoms with Gasteiger partial charge in [0.2, 0.25) is 0 Å². The number of thiazole rings is 1. The van der Waals surface area contributed by atoms with Gasteiger partial charge in [0.15, 0.2) is 0 Å². The van der Waals surface area contributed by atoms with Gasteiger partial charge in [-0.05, 0) is 6.54 Å². The van der Waals surface area contributed by atoms with Gasteiger partial charge in [0, 0.05) is 35.8 Å². The van der Waals surface area contributed by atoms with Crippen molar-refractivity contribution in [3.8, 4) is 0 Å². The van der Waals surface area contributed by atoms with Crippen LogP contribution in [0.5, 0.6) is 0 Å². The first kappa shape index (κ1) is 15.1. The minimum absolute atomic E-state index is 0.106. The highest BCUT2D eigenvalue weighted by Crippen LogP contribution is 2.26. The summed E-state index contributed by atoms with van der Waals surface area (Å²) < 4.78 is 0. The third-order valence-electron chi connectivity index (χ3n) is 3.09. The highest BCUT2D eigenvalue weighted by molar-refractivity contribution is 7.09. The van der Waals surface area contributed by atoms with E-state index in [0.29, 0.717) is 0 Å². The van der Waals surface area contributed by atoms with E-state index in [1.165, 1.54) is 0 Å². The lowest BCUT2D eigenvalue weighted by atomic mass is 9.93. The molecule has 1 atom stereocenters. The Balaban J connectivity index is 2.15. The van der Waals surface area contributed by atoms with Crippen LogP contribution in [-0.4, -0.2) is 21.5 Å². The summed E-state index contributed by atoms with van der Waals surface area (Å²) in [4.78, 5) is 13.3. The average molecular weight is 290 g/mol. The smallest absolute Gasteiger partial charge is 0.0948 e. The van der Waals surface area contributed by atoms with Crippen LogP contribution in [-0.2, 0) is 11.8 Å². The van der Waals surface area contributed by atoms with Gasteiger partial charge in [0.25, 0.3) is 0 Å². The van der Waals surface area contributed by atoms with Gasteiger partial charge in [-0.15, -0.1) is 11.3 Å². The SMILES string of the molecule is CCNC(Cc1nc(C(C)(C)C)cs1)c1cnccn1. The molecule has 0 radical (unpaired) electrons. The van der Waals surface area contributed by atoms with Crippen molar-refractivity contribution in [1.29, 1.82) is 0 Å². The summed E-state index contributed by atoms with van der Waals surface area (Å²) >= 11 is 1.73. The fourth-order valence-electron chi connectivity index (χ4n) is 1.94. The predicted molar refractivity (Wildman–Crippen MR) is 83.0 cm³/mol. The highest BCUT2D eigenvalue weighted by atomic mass is 32.1. The van der Waals surface area contributed by atoms with Crippen LogP contribution >= 0.6 is 11.3 Å². The molecule has 0 fully saturated rings. The second-order valence-electron chi connectivity index (χ2n) is 5.82. The first-order valence-corrected chi connectivity index (χ1v) is 7.83. The van der Waals surface area contributed by atoms with Gasteiger partial charge < -0.3 is 5.32 Å². The molecule has 0 bridgehead atoms. The second kappa shape index (κ2) is 6.41. The van der Waals surface area contributed by atoms with Gasteiger partial charge in [-0.25, -0.2) is 4.98 Å². The topological polar surface area (TPSA) is 50.7 Å². The number of nitrogens with one attached hydrogen (secondary N) is 1. The van der Waals surface area contributed by atoms with E-state index >= 15 is 0 Å². The van der Waals surface area contributed by atoms with Gasteiger partial charge in [0.05, 0.1) is 22.4 Å². The summed E-state index contributed by atoms with van der Waals surface area (Å²) in [5, 5.41) is 6.77. The van der Waals surface area contributed by atoms with Gasteiger partial charge in [0.1, 0.15) is 0 Å². The van der Waals surface area contributed by atoms with E-state index in [-0.39, 0.29) is 11.5 Å². The Hall–Kier alpha value is -1.33. The molecule has 2 aromatic rings. The van der Waals surface area contributed by atoms with Crippen molar-refractivity contribution in [1.82, 2.24) is 20.3 Å². The van der Waals surface area contributed by atoms with Crippen molar-refractivity contribution >= 4 is 11.3 Å². The quantitative estimate of drug-likeness (QED) is 0.919. The Labute approximate surface area is 124 Å². The molecular weight excluding hydrogens is 268 g/mol. The van der Waals surface area contributed by atoms with Crippen LogP contribution < -0.4 is 5.32 Å². The van der Waals surface area contributed by atoms with Crippen molar-refractivity contribution < 1.29 is 0 Å². The average Bonchev–Trinajstić information content (AvgIpc) is 2.88. The van der Waals surface area contributed by atoms with Crippen molar-refractivity contribution in [2.24, 2.45) is 0 Å². The molecule has 4 nitrogen and oxygen atoms in total. The number of rotatable bonds is 5. The van der Waals surface area contributed by atoms with E-state index in [2.05, 4.69) is 48.4 Å². The maximum atomic E-state index is 4.76. The molecule has 2 rings (SSSR count). The standard InChI is InChI=1S/C15H22N4S/c1-5-17-11(12-9-16-6-7-18-12)8-14-19-13(10-20-14)15(2,3)4/h6-7,9-11,17H,5,8H2,1-4H3. The lowest BCUT2D eigenvalue weighted by Crippen LogP contribution is -2.24. The van der Waals surface area contributed by atoms with Crippen LogP contribution in [0.3, 0.4) is 0 Å². The Kier molecular flexibility index (Phi) is 4.83. The van der Waals surface area contributed by atoms with Crippen LogP contribution in [0.25, 0.3) is 0 Å². The third-order valence-corrected chi connectivity index (χ3v) is 3.96. The summed E-state index contributed by atoms with van der Waals surface area (Å²) in [7, 11) is 0. The number of likely N-dealkylation sites (N-methyl/N-ethyl adjacent to an activating group) is 1. The Morgan fingerprint density at radius 3 is 2.65 bits per heavy atom. The first-order valence-electron chi connectivity index (χ1n) is 6.95. The Bertz CT molecular complexity index is 530. The Morgan fingerprint density at radius 1 is 1.30 bits per heavy atom. The zero-order valence-electron chi connectivity index (χ0n) is 12.6. The van der Waals surface area contributed by atoms with E-state index in [9.17, 15) is 0 Å². The molecular formula is C15H22N4S. The molecule has 2 heterocycles. The lowest BCUT2D eigenvalue weighted by molar-refractivity contribution is 0.527. The van der Waals surface area contributed by atoms with Crippen LogP contribution in [0.15, 0.2) is 24.0 Å². The van der Waals surface area contributed by atoms with Crippen molar-refractivity contribution in [2.75, 3.05) is 6.54 Å². The molecule has 0 saturated carbocycles. The van der Waals surface area contributed by atoms with Gasteiger partial charge in [-0.1, -0.05) is 27.7 Å². The predicted octanol–water partition coefficient (Wildman–Crippen LogP) is 3.12. The van der Waals surface area contributed by atoms with E-state index in [1.807, 2.05) is 6.20 Å². The molecule has 0 aliphatic carbocycles. The van der Waals surface area contributed by atoms with E-state index < -0.39 is 0 Å². The molecule has 0 spiro atoms. The zero-order valence-corrected chi connectivity index (χ0v) is 13.4. The normalized spacial score (nSPS) is 13.4. The second-order valence-corrected chi connectivity index (χ2v) is 6.76. The highest BCUT2D eigenvalue weighted by Gasteiger charge is 2.20. The van der Waals surface area contributed by atoms with Gasteiger partial charge >= 0.3 is 0 Å². The van der Waals surface area contributed by atoms with Crippen LogP contribution in [0.4, 0.5) is 0 Å². The Morgan fingerprint density at radius 2 is 2.10 bits per heavy atom. The third kappa shape index (κ3) is 3.84. The van der Waals surface area contributed by atoms with Crippen molar-refractivity contribution in [3.05, 3.63) is 40.4 Å². The lowest BCUT2D eigenvalue weighted by Gasteiger charge is -2.16. The fourth-order valence-corrected chi connectivity index (χ4v) is 3.01. The number of hydrogen-bond acceptors (Lipinski definition) is 5. The summed E-state index contributed by atoms with van der Waals surface area (Å²) in [6.07, 6.45) is 6.12. The first-order chi connectivity index (χ1) is 9.50. The molecule has 0 saturated heterocycles. The molecule has 0 aliphatic rings. The summed E-state index contributed by atoms with van der Waals surface area (Å²) in [5.41, 5.74) is 2.24. The molecule has 1 unspecified atom stereocenters. The largest absolute Gasteiger partial charge is 0.309 e. The summed E-state index contributed by atoms with van der Waals surface area (Å²) in [6.45, 7) is 9.58. The number of hydrogen-bond donors (Lipinski definition) is 1. The van der Waals surface area contributed by atoms with Crippen molar-refractivity contribution in [3.63, 3.8) is 0 Å². The molecule has 20 heavy (non-hydrogen) atoms. The zero-order chi connectivity index (χ0) is 14.6. The minimum Gasteiger partial charge on any atom is -0.309 e. The fraction of sp³-hybridized carbons (Fsp3) is 0.533. The van der Waals surface area contributed by atoms with Crippen molar-refractivity contribution in [2.45, 2.75) is 45.6 Å². The van der Waals surface area contributed by atoms with Gasteiger partial charge in [-0.3, -0.25) is 9.97 Å². The molecule has 108 valence electrons. The molecule has 5 heteroatoms. The summed E-state index contributed by atoms with van der Waals surface area (Å²) in [6, 6.07) is 0.174. The molecule has 0 amide bonds. The van der Waals surface area contributed by atoms with E-state index in [4.69, 9.17) is 4.98 Å². The molecule has 2 aromatic heterocycles.